The first kappa shape index (κ1) is 11.9. The largest absolute Gasteiger partial charge is 0.478 e. The Kier molecular flexibility index (Phi) is 3.31. The fraction of sp³-hybridized carbons (Fsp3) is 0. The number of halogens is 2. The van der Waals surface area contributed by atoms with E-state index in [2.05, 4.69) is 4.98 Å². The van der Waals surface area contributed by atoms with E-state index in [-0.39, 0.29) is 5.56 Å². The number of hydrogen-bond acceptors (Lipinski definition) is 2. The van der Waals surface area contributed by atoms with E-state index < -0.39 is 5.97 Å². The number of hydrogen-bond donors (Lipinski definition) is 1. The second kappa shape index (κ2) is 4.73. The Morgan fingerprint density at radius 2 is 1.88 bits per heavy atom. The summed E-state index contributed by atoms with van der Waals surface area (Å²) in [5.74, 6) is -1.00. The molecule has 1 N–H and O–H groups in total. The molecule has 1 aromatic carbocycles. The summed E-state index contributed by atoms with van der Waals surface area (Å²) in [5, 5.41) is 9.66. The van der Waals surface area contributed by atoms with E-state index in [0.29, 0.717) is 15.7 Å². The van der Waals surface area contributed by atoms with Crippen LogP contribution in [0.5, 0.6) is 0 Å². The summed E-state index contributed by atoms with van der Waals surface area (Å²) in [7, 11) is 0. The molecule has 0 bridgehead atoms. The van der Waals surface area contributed by atoms with Gasteiger partial charge in [0.2, 0.25) is 0 Å². The van der Waals surface area contributed by atoms with Crippen LogP contribution in [-0.2, 0) is 0 Å². The number of rotatable bonds is 2. The number of aromatic carboxylic acids is 1. The van der Waals surface area contributed by atoms with Crippen molar-refractivity contribution < 1.29 is 9.90 Å². The first-order valence-electron chi connectivity index (χ1n) is 4.72. The van der Waals surface area contributed by atoms with E-state index in [4.69, 9.17) is 28.3 Å². The van der Waals surface area contributed by atoms with Gasteiger partial charge in [0, 0.05) is 11.8 Å². The third-order valence-corrected chi connectivity index (χ3v) is 2.96. The average Bonchev–Trinajstić information content (AvgIpc) is 2.33. The molecule has 0 saturated heterocycles. The molecule has 0 aliphatic carbocycles. The van der Waals surface area contributed by atoms with Crippen LogP contribution in [-0.4, -0.2) is 16.1 Å². The van der Waals surface area contributed by atoms with Crippen LogP contribution >= 0.6 is 23.2 Å². The Hall–Kier alpha value is -1.58. The van der Waals surface area contributed by atoms with Crippen molar-refractivity contribution in [2.45, 2.75) is 0 Å². The van der Waals surface area contributed by atoms with Crippen LogP contribution in [0.2, 0.25) is 10.0 Å². The van der Waals surface area contributed by atoms with Crippen LogP contribution in [0, 0.1) is 0 Å². The fourth-order valence-corrected chi connectivity index (χ4v) is 1.64. The summed E-state index contributed by atoms with van der Waals surface area (Å²) in [5.41, 5.74) is 1.58. The monoisotopic (exact) mass is 267 g/mol. The van der Waals surface area contributed by atoms with Gasteiger partial charge >= 0.3 is 5.97 Å². The van der Waals surface area contributed by atoms with Crippen molar-refractivity contribution in [3.8, 4) is 11.3 Å². The van der Waals surface area contributed by atoms with Gasteiger partial charge in [-0.05, 0) is 24.3 Å². The van der Waals surface area contributed by atoms with Gasteiger partial charge in [0.1, 0.15) is 0 Å². The highest BCUT2D eigenvalue weighted by Crippen LogP contribution is 2.27. The minimum absolute atomic E-state index is 0.147. The molecule has 0 fully saturated rings. The Labute approximate surface area is 108 Å². The van der Waals surface area contributed by atoms with Gasteiger partial charge in [0.25, 0.3) is 0 Å². The molecule has 2 rings (SSSR count). The van der Waals surface area contributed by atoms with Crippen LogP contribution in [0.25, 0.3) is 11.3 Å². The zero-order valence-corrected chi connectivity index (χ0v) is 10.0. The molecule has 0 amide bonds. The third kappa shape index (κ3) is 2.57. The number of nitrogens with zero attached hydrogens (tertiary/aromatic N) is 1. The highest BCUT2D eigenvalue weighted by molar-refractivity contribution is 6.42. The van der Waals surface area contributed by atoms with E-state index in [1.54, 1.807) is 24.3 Å². The van der Waals surface area contributed by atoms with Crippen LogP contribution in [0.1, 0.15) is 10.4 Å². The Bertz CT molecular complexity index is 567. The van der Waals surface area contributed by atoms with E-state index >= 15 is 0 Å². The zero-order chi connectivity index (χ0) is 12.4. The number of pyridine rings is 1. The molecule has 0 spiro atoms. The first-order valence-corrected chi connectivity index (χ1v) is 5.48. The quantitative estimate of drug-likeness (QED) is 0.902. The van der Waals surface area contributed by atoms with Crippen molar-refractivity contribution in [3.05, 3.63) is 52.1 Å². The highest BCUT2D eigenvalue weighted by atomic mass is 35.5. The second-order valence-electron chi connectivity index (χ2n) is 3.37. The minimum Gasteiger partial charge on any atom is -0.478 e. The van der Waals surface area contributed by atoms with Gasteiger partial charge in [-0.15, -0.1) is 0 Å². The SMILES string of the molecule is O=C(O)c1ccc(-c2ccc(Cl)c(Cl)c2)nc1. The number of carboxylic acids is 1. The predicted octanol–water partition coefficient (Wildman–Crippen LogP) is 3.75. The van der Waals surface area contributed by atoms with Crippen molar-refractivity contribution in [1.82, 2.24) is 4.98 Å². The van der Waals surface area contributed by atoms with Gasteiger partial charge < -0.3 is 5.11 Å². The summed E-state index contributed by atoms with van der Waals surface area (Å²) in [6.07, 6.45) is 1.31. The minimum atomic E-state index is -1.00. The highest BCUT2D eigenvalue weighted by Gasteiger charge is 2.06. The van der Waals surface area contributed by atoms with Crippen molar-refractivity contribution in [3.63, 3.8) is 0 Å². The Morgan fingerprint density at radius 3 is 2.41 bits per heavy atom. The summed E-state index contributed by atoms with van der Waals surface area (Å²) in [6.45, 7) is 0. The van der Waals surface area contributed by atoms with E-state index in [9.17, 15) is 4.79 Å². The molecule has 5 heteroatoms. The second-order valence-corrected chi connectivity index (χ2v) is 4.18. The molecular formula is C12H7Cl2NO2. The maximum absolute atomic E-state index is 10.7. The molecular weight excluding hydrogens is 261 g/mol. The smallest absolute Gasteiger partial charge is 0.337 e. The van der Waals surface area contributed by atoms with Crippen molar-refractivity contribution in [2.24, 2.45) is 0 Å². The summed E-state index contributed by atoms with van der Waals surface area (Å²) >= 11 is 11.7. The molecule has 2 aromatic rings. The van der Waals surface area contributed by atoms with E-state index in [1.807, 2.05) is 0 Å². The number of aromatic nitrogens is 1. The Morgan fingerprint density at radius 1 is 1.12 bits per heavy atom. The molecule has 0 atom stereocenters. The van der Waals surface area contributed by atoms with Crippen LogP contribution < -0.4 is 0 Å². The van der Waals surface area contributed by atoms with Crippen LogP contribution in [0.3, 0.4) is 0 Å². The molecule has 0 unspecified atom stereocenters. The standard InChI is InChI=1S/C12H7Cl2NO2/c13-9-3-1-7(5-10(9)14)11-4-2-8(6-15-11)12(16)17/h1-6H,(H,16,17). The van der Waals surface area contributed by atoms with Crippen LogP contribution in [0.15, 0.2) is 36.5 Å². The number of carbonyl (C=O) groups is 1. The lowest BCUT2D eigenvalue weighted by atomic mass is 10.1. The van der Waals surface area contributed by atoms with Crippen molar-refractivity contribution in [1.29, 1.82) is 0 Å². The van der Waals surface area contributed by atoms with Gasteiger partial charge in [-0.25, -0.2) is 4.79 Å². The number of benzene rings is 1. The van der Waals surface area contributed by atoms with E-state index in [0.717, 1.165) is 5.56 Å². The summed E-state index contributed by atoms with van der Waals surface area (Å²) in [4.78, 5) is 14.7. The lowest BCUT2D eigenvalue weighted by Gasteiger charge is -2.03. The fourth-order valence-electron chi connectivity index (χ4n) is 1.35. The third-order valence-electron chi connectivity index (χ3n) is 2.23. The molecule has 17 heavy (non-hydrogen) atoms. The average molecular weight is 268 g/mol. The summed E-state index contributed by atoms with van der Waals surface area (Å²) < 4.78 is 0. The van der Waals surface area contributed by atoms with Gasteiger partial charge in [-0.1, -0.05) is 29.3 Å². The first-order chi connectivity index (χ1) is 8.08. The molecule has 0 saturated carbocycles. The topological polar surface area (TPSA) is 50.2 Å². The maximum Gasteiger partial charge on any atom is 0.337 e. The van der Waals surface area contributed by atoms with Gasteiger partial charge in [0.05, 0.1) is 21.3 Å². The Balaban J connectivity index is 2.39. The molecule has 3 nitrogen and oxygen atoms in total. The van der Waals surface area contributed by atoms with Gasteiger partial charge in [-0.3, -0.25) is 4.98 Å². The van der Waals surface area contributed by atoms with Crippen LogP contribution in [0.4, 0.5) is 0 Å². The van der Waals surface area contributed by atoms with Gasteiger partial charge in [0.15, 0.2) is 0 Å². The van der Waals surface area contributed by atoms with Gasteiger partial charge in [-0.2, -0.15) is 0 Å². The van der Waals surface area contributed by atoms with Crippen molar-refractivity contribution in [2.75, 3.05) is 0 Å². The summed E-state index contributed by atoms with van der Waals surface area (Å²) in [6, 6.07) is 8.26. The predicted molar refractivity (Wildman–Crippen MR) is 66.7 cm³/mol. The normalized spacial score (nSPS) is 10.2. The molecule has 86 valence electrons. The molecule has 1 aromatic heterocycles. The molecule has 1 heterocycles. The molecule has 0 radical (unpaired) electrons. The van der Waals surface area contributed by atoms with E-state index in [1.165, 1.54) is 12.3 Å². The number of carboxylic acid groups (broad SMARTS) is 1. The zero-order valence-electron chi connectivity index (χ0n) is 8.52. The lowest BCUT2D eigenvalue weighted by molar-refractivity contribution is 0.0696. The van der Waals surface area contributed by atoms with Crippen molar-refractivity contribution >= 4 is 29.2 Å². The lowest BCUT2D eigenvalue weighted by Crippen LogP contribution is -1.97. The molecule has 0 aliphatic rings. The molecule has 0 aliphatic heterocycles. The maximum atomic E-state index is 10.7.